The number of carbonyl (C=O) groups excluding carboxylic acids is 1. The topological polar surface area (TPSA) is 98.7 Å². The van der Waals surface area contributed by atoms with E-state index in [-0.39, 0.29) is 0 Å². The van der Waals surface area contributed by atoms with Gasteiger partial charge in [-0.15, -0.1) is 4.68 Å². The predicted molar refractivity (Wildman–Crippen MR) is 159 cm³/mol. The Labute approximate surface area is 235 Å². The minimum absolute atomic E-state index is 0.346. The molecule has 0 aliphatic carbocycles. The number of nitrogens with zero attached hydrogens (tertiary/aromatic N) is 4. The monoisotopic (exact) mass is 540 g/mol. The third kappa shape index (κ3) is 4.79. The minimum atomic E-state index is -0.507. The number of carbonyl (C=O) groups is 1. The maximum absolute atomic E-state index is 13.2. The van der Waals surface area contributed by atoms with E-state index in [1.165, 1.54) is 7.11 Å². The first-order chi connectivity index (χ1) is 20.0. The molecule has 200 valence electrons. The zero-order valence-electron chi connectivity index (χ0n) is 22.0. The van der Waals surface area contributed by atoms with Gasteiger partial charge in [-0.2, -0.15) is 10.1 Å². The van der Waals surface area contributed by atoms with Crippen LogP contribution in [0.15, 0.2) is 125 Å². The second kappa shape index (κ2) is 10.8. The van der Waals surface area contributed by atoms with Gasteiger partial charge in [-0.1, -0.05) is 72.8 Å². The summed E-state index contributed by atoms with van der Waals surface area (Å²) in [7, 11) is 1.35. The molecule has 0 aliphatic rings. The van der Waals surface area contributed by atoms with E-state index in [1.54, 1.807) is 42.6 Å². The maximum Gasteiger partial charge on any atom is 0.337 e. The van der Waals surface area contributed by atoms with Crippen molar-refractivity contribution in [1.82, 2.24) is 14.2 Å². The van der Waals surface area contributed by atoms with Crippen LogP contribution < -0.4 is 5.56 Å². The fourth-order valence-corrected chi connectivity index (χ4v) is 4.81. The largest absolute Gasteiger partial charge is 0.479 e. The summed E-state index contributed by atoms with van der Waals surface area (Å²) >= 11 is 0. The normalized spacial score (nSPS) is 11.2. The molecule has 4 aromatic carbocycles. The number of rotatable bonds is 6. The molecular formula is C33H24N4O4. The fraction of sp³-hybridized carbons (Fsp3) is 0.0303. The highest BCUT2D eigenvalue weighted by Gasteiger charge is 2.19. The Bertz CT molecular complexity index is 1960. The van der Waals surface area contributed by atoms with E-state index in [9.17, 15) is 14.7 Å². The van der Waals surface area contributed by atoms with Crippen LogP contribution in [0.2, 0.25) is 0 Å². The van der Waals surface area contributed by atoms with E-state index in [1.807, 2.05) is 78.9 Å². The van der Waals surface area contributed by atoms with Crippen LogP contribution in [0.4, 0.5) is 0 Å². The zero-order chi connectivity index (χ0) is 28.3. The van der Waals surface area contributed by atoms with E-state index >= 15 is 0 Å². The van der Waals surface area contributed by atoms with Crippen molar-refractivity contribution in [2.24, 2.45) is 5.10 Å². The van der Waals surface area contributed by atoms with Gasteiger partial charge in [-0.05, 0) is 53.6 Å². The molecule has 0 amide bonds. The molecule has 0 saturated carbocycles. The molecule has 0 fully saturated rings. The Morgan fingerprint density at radius 1 is 0.854 bits per heavy atom. The molecule has 8 nitrogen and oxygen atoms in total. The van der Waals surface area contributed by atoms with E-state index in [2.05, 4.69) is 14.7 Å². The number of ether oxygens (including phenoxy) is 1. The average Bonchev–Trinajstić information content (AvgIpc) is 3.41. The zero-order valence-corrected chi connectivity index (χ0v) is 22.0. The van der Waals surface area contributed by atoms with Crippen molar-refractivity contribution in [3.05, 3.63) is 137 Å². The number of aromatic nitrogens is 3. The van der Waals surface area contributed by atoms with Gasteiger partial charge in [0.05, 0.1) is 41.2 Å². The number of hydrogen-bond acceptors (Lipinski definition) is 6. The Hall–Kier alpha value is -5.76. The molecule has 0 aliphatic heterocycles. The standard InChI is InChI=1S/C33H24N4O4/c1-41-32(39)24-16-18-26(19-17-24)36-29(22-10-4-2-5-11-22)20-25(30(36)23-12-6-3-7-13-23)21-34-37-31(38)27-14-8-9-15-28(27)35-33(37)40/h2-21H,1H3,(H,35,40). The van der Waals surface area contributed by atoms with Crippen LogP contribution in [0.1, 0.15) is 15.9 Å². The third-order valence-electron chi connectivity index (χ3n) is 6.74. The van der Waals surface area contributed by atoms with Crippen molar-refractivity contribution in [1.29, 1.82) is 0 Å². The smallest absolute Gasteiger partial charge is 0.337 e. The molecule has 6 rings (SSSR count). The Morgan fingerprint density at radius 3 is 2.17 bits per heavy atom. The highest BCUT2D eigenvalue weighted by molar-refractivity contribution is 5.94. The highest BCUT2D eigenvalue weighted by Crippen LogP contribution is 2.35. The minimum Gasteiger partial charge on any atom is -0.479 e. The van der Waals surface area contributed by atoms with Gasteiger partial charge in [-0.25, -0.2) is 4.79 Å². The predicted octanol–water partition coefficient (Wildman–Crippen LogP) is 5.90. The van der Waals surface area contributed by atoms with E-state index in [0.717, 1.165) is 32.9 Å². The SMILES string of the molecule is COC(=O)c1ccc(-n2c(-c3ccccc3)cc(C=Nn3c(O)nc4ccccc4c3=O)c2-c2ccccc2)cc1. The van der Waals surface area contributed by atoms with Crippen molar-refractivity contribution in [3.8, 4) is 34.2 Å². The summed E-state index contributed by atoms with van der Waals surface area (Å²) in [6.07, 6.45) is 1.55. The number of hydrogen-bond donors (Lipinski definition) is 1. The molecule has 2 aromatic heterocycles. The summed E-state index contributed by atoms with van der Waals surface area (Å²) in [6, 6.07) is 35.1. The van der Waals surface area contributed by atoms with Crippen LogP contribution in [0.5, 0.6) is 6.01 Å². The lowest BCUT2D eigenvalue weighted by molar-refractivity contribution is 0.0600. The Balaban J connectivity index is 1.59. The molecule has 2 heterocycles. The van der Waals surface area contributed by atoms with Gasteiger partial charge >= 0.3 is 12.0 Å². The Kier molecular flexibility index (Phi) is 6.71. The van der Waals surface area contributed by atoms with Crippen LogP contribution >= 0.6 is 0 Å². The molecule has 0 unspecified atom stereocenters. The summed E-state index contributed by atoms with van der Waals surface area (Å²) in [5, 5.41) is 15.3. The first kappa shape index (κ1) is 25.5. The molecule has 8 heteroatoms. The van der Waals surface area contributed by atoms with Gasteiger partial charge in [0.15, 0.2) is 0 Å². The molecule has 0 spiro atoms. The molecule has 0 atom stereocenters. The second-order valence-electron chi connectivity index (χ2n) is 9.23. The first-order valence-electron chi connectivity index (χ1n) is 12.9. The molecular weight excluding hydrogens is 516 g/mol. The van der Waals surface area contributed by atoms with Crippen molar-refractivity contribution in [2.45, 2.75) is 0 Å². The van der Waals surface area contributed by atoms with Crippen LogP contribution in [-0.4, -0.2) is 38.6 Å². The summed E-state index contributed by atoms with van der Waals surface area (Å²) in [6.45, 7) is 0. The van der Waals surface area contributed by atoms with Crippen molar-refractivity contribution < 1.29 is 14.6 Å². The first-order valence-corrected chi connectivity index (χ1v) is 12.9. The molecule has 0 saturated heterocycles. The van der Waals surface area contributed by atoms with Gasteiger partial charge in [0.1, 0.15) is 0 Å². The van der Waals surface area contributed by atoms with Crippen LogP contribution in [0, 0.1) is 0 Å². The quantitative estimate of drug-likeness (QED) is 0.210. The molecule has 1 N–H and O–H groups in total. The lowest BCUT2D eigenvalue weighted by Gasteiger charge is -2.15. The van der Waals surface area contributed by atoms with Crippen molar-refractivity contribution in [3.63, 3.8) is 0 Å². The van der Waals surface area contributed by atoms with Gasteiger partial charge in [0, 0.05) is 11.3 Å². The maximum atomic E-state index is 13.2. The Morgan fingerprint density at radius 2 is 1.49 bits per heavy atom. The van der Waals surface area contributed by atoms with E-state index in [4.69, 9.17) is 4.74 Å². The molecule has 41 heavy (non-hydrogen) atoms. The highest BCUT2D eigenvalue weighted by atomic mass is 16.5. The lowest BCUT2D eigenvalue weighted by Crippen LogP contribution is -2.17. The number of aromatic hydroxyl groups is 1. The molecule has 0 bridgehead atoms. The van der Waals surface area contributed by atoms with Gasteiger partial charge in [0.2, 0.25) is 0 Å². The average molecular weight is 541 g/mol. The molecule has 0 radical (unpaired) electrons. The third-order valence-corrected chi connectivity index (χ3v) is 6.74. The van der Waals surface area contributed by atoms with E-state index in [0.29, 0.717) is 22.0 Å². The van der Waals surface area contributed by atoms with Crippen molar-refractivity contribution in [2.75, 3.05) is 7.11 Å². The number of methoxy groups -OCH3 is 1. The second-order valence-corrected chi connectivity index (χ2v) is 9.23. The summed E-state index contributed by atoms with van der Waals surface area (Å²) in [5.41, 5.74) is 5.38. The summed E-state index contributed by atoms with van der Waals surface area (Å²) in [5.74, 6) is -0.419. The molecule has 6 aromatic rings. The summed E-state index contributed by atoms with van der Waals surface area (Å²) < 4.78 is 7.84. The number of benzene rings is 4. The van der Waals surface area contributed by atoms with Crippen LogP contribution in [0.3, 0.4) is 0 Å². The summed E-state index contributed by atoms with van der Waals surface area (Å²) in [4.78, 5) is 29.4. The van der Waals surface area contributed by atoms with E-state index < -0.39 is 17.5 Å². The van der Waals surface area contributed by atoms with Crippen molar-refractivity contribution >= 4 is 23.1 Å². The van der Waals surface area contributed by atoms with Gasteiger partial charge < -0.3 is 14.4 Å². The number of fused-ring (bicyclic) bond motifs is 1. The fourth-order valence-electron chi connectivity index (χ4n) is 4.81. The number of esters is 1. The van der Waals surface area contributed by atoms with Crippen LogP contribution in [0.25, 0.3) is 39.1 Å². The van der Waals surface area contributed by atoms with Gasteiger partial charge in [-0.3, -0.25) is 4.79 Å². The van der Waals surface area contributed by atoms with Crippen LogP contribution in [-0.2, 0) is 4.74 Å². The lowest BCUT2D eigenvalue weighted by atomic mass is 10.1. The number of para-hydroxylation sites is 1. The van der Waals surface area contributed by atoms with Gasteiger partial charge in [0.25, 0.3) is 5.56 Å².